The van der Waals surface area contributed by atoms with Gasteiger partial charge in [0.25, 0.3) is 0 Å². The monoisotopic (exact) mass is 430 g/mol. The molecule has 0 aromatic rings. The molecule has 0 heterocycles. The molecule has 4 atom stereocenters. The number of hydrogen-bond acceptors (Lipinski definition) is 6. The van der Waals surface area contributed by atoms with Crippen LogP contribution in [0.25, 0.3) is 0 Å². The molecular formula is C19H34N4O7. The molecule has 30 heavy (non-hydrogen) atoms. The summed E-state index contributed by atoms with van der Waals surface area (Å²) in [5, 5.41) is 25.5. The van der Waals surface area contributed by atoms with Crippen LogP contribution in [0.3, 0.4) is 0 Å². The maximum absolute atomic E-state index is 12.7. The predicted molar refractivity (Wildman–Crippen MR) is 108 cm³/mol. The van der Waals surface area contributed by atoms with Crippen LogP contribution in [-0.2, 0) is 24.0 Å². The van der Waals surface area contributed by atoms with Crippen LogP contribution in [0.2, 0.25) is 0 Å². The molecule has 172 valence electrons. The van der Waals surface area contributed by atoms with Crippen LogP contribution in [-0.4, -0.2) is 64.0 Å². The standard InChI is InChI=1S/C19H34N4O7/c1-9(2)8-13(19(29)30)22-17(27)12(6-7-14(24)25)21-18(28)15(10(3)4)23-16(26)11(5)20/h9-13,15H,6-8,20H2,1-5H3,(H,21,28)(H,22,27)(H,23,26)(H,24,25)(H,29,30). The fourth-order valence-corrected chi connectivity index (χ4v) is 2.58. The van der Waals surface area contributed by atoms with E-state index in [0.29, 0.717) is 0 Å². The summed E-state index contributed by atoms with van der Waals surface area (Å²) in [4.78, 5) is 59.5. The summed E-state index contributed by atoms with van der Waals surface area (Å²) in [6, 6.07) is -4.32. The molecule has 0 rings (SSSR count). The number of carboxylic acids is 2. The Morgan fingerprint density at radius 2 is 1.33 bits per heavy atom. The van der Waals surface area contributed by atoms with E-state index in [1.165, 1.54) is 6.92 Å². The molecule has 0 saturated heterocycles. The molecule has 0 fully saturated rings. The number of carboxylic acid groups (broad SMARTS) is 2. The molecule has 0 aliphatic rings. The normalized spacial score (nSPS) is 15.1. The lowest BCUT2D eigenvalue weighted by atomic mass is 10.0. The van der Waals surface area contributed by atoms with E-state index in [2.05, 4.69) is 16.0 Å². The van der Waals surface area contributed by atoms with Crippen molar-refractivity contribution in [1.82, 2.24) is 16.0 Å². The highest BCUT2D eigenvalue weighted by Gasteiger charge is 2.31. The molecule has 7 N–H and O–H groups in total. The Kier molecular flexibility index (Phi) is 11.6. The number of nitrogens with two attached hydrogens (primary N) is 1. The van der Waals surface area contributed by atoms with E-state index in [0.717, 1.165) is 0 Å². The van der Waals surface area contributed by atoms with Gasteiger partial charge in [-0.15, -0.1) is 0 Å². The Bertz CT molecular complexity index is 634. The summed E-state index contributed by atoms with van der Waals surface area (Å²) in [5.41, 5.74) is 5.51. The van der Waals surface area contributed by atoms with Gasteiger partial charge in [-0.05, 0) is 31.6 Å². The third-order valence-corrected chi connectivity index (χ3v) is 4.26. The second-order valence-electron chi connectivity index (χ2n) is 8.04. The molecule has 0 aliphatic carbocycles. The van der Waals surface area contributed by atoms with Gasteiger partial charge in [-0.1, -0.05) is 27.7 Å². The zero-order valence-corrected chi connectivity index (χ0v) is 18.1. The zero-order valence-electron chi connectivity index (χ0n) is 18.1. The molecule has 11 heteroatoms. The van der Waals surface area contributed by atoms with Crippen LogP contribution >= 0.6 is 0 Å². The lowest BCUT2D eigenvalue weighted by Crippen LogP contribution is -2.58. The number of amides is 3. The Morgan fingerprint density at radius 3 is 1.73 bits per heavy atom. The van der Waals surface area contributed by atoms with Crippen molar-refractivity contribution in [1.29, 1.82) is 0 Å². The second-order valence-corrected chi connectivity index (χ2v) is 8.04. The van der Waals surface area contributed by atoms with Gasteiger partial charge < -0.3 is 31.9 Å². The molecule has 3 amide bonds. The fraction of sp³-hybridized carbons (Fsp3) is 0.737. The van der Waals surface area contributed by atoms with E-state index < -0.39 is 60.2 Å². The average Bonchev–Trinajstić information content (AvgIpc) is 2.60. The highest BCUT2D eigenvalue weighted by atomic mass is 16.4. The minimum atomic E-state index is -1.28. The van der Waals surface area contributed by atoms with Crippen molar-refractivity contribution in [3.8, 4) is 0 Å². The van der Waals surface area contributed by atoms with Crippen molar-refractivity contribution in [3.05, 3.63) is 0 Å². The number of carbonyl (C=O) groups excluding carboxylic acids is 3. The van der Waals surface area contributed by atoms with Gasteiger partial charge >= 0.3 is 11.9 Å². The quantitative estimate of drug-likeness (QED) is 0.224. The van der Waals surface area contributed by atoms with Gasteiger partial charge in [0, 0.05) is 6.42 Å². The third-order valence-electron chi connectivity index (χ3n) is 4.26. The smallest absolute Gasteiger partial charge is 0.326 e. The van der Waals surface area contributed by atoms with Crippen LogP contribution in [0.4, 0.5) is 0 Å². The molecule has 0 bridgehead atoms. The number of nitrogens with one attached hydrogen (secondary N) is 3. The highest BCUT2D eigenvalue weighted by molar-refractivity contribution is 5.94. The number of aliphatic carboxylic acids is 2. The molecule has 0 aromatic carbocycles. The summed E-state index contributed by atoms with van der Waals surface area (Å²) in [6.45, 7) is 8.40. The van der Waals surface area contributed by atoms with Crippen LogP contribution in [0.5, 0.6) is 0 Å². The minimum absolute atomic E-state index is 0.0164. The van der Waals surface area contributed by atoms with Gasteiger partial charge in [-0.2, -0.15) is 0 Å². The first-order valence-electron chi connectivity index (χ1n) is 9.87. The van der Waals surface area contributed by atoms with Gasteiger partial charge in [0.15, 0.2) is 0 Å². The SMILES string of the molecule is CC(C)CC(NC(=O)C(CCC(=O)O)NC(=O)C(NC(=O)C(C)N)C(C)C)C(=O)O. The Labute approximate surface area is 176 Å². The molecule has 11 nitrogen and oxygen atoms in total. The molecule has 4 unspecified atom stereocenters. The molecule has 0 spiro atoms. The van der Waals surface area contributed by atoms with Crippen molar-refractivity contribution >= 4 is 29.7 Å². The summed E-state index contributed by atoms with van der Waals surface area (Å²) in [6.07, 6.45) is -0.495. The fourth-order valence-electron chi connectivity index (χ4n) is 2.58. The summed E-state index contributed by atoms with van der Waals surface area (Å²) in [5.74, 6) is -4.83. The summed E-state index contributed by atoms with van der Waals surface area (Å²) >= 11 is 0. The van der Waals surface area contributed by atoms with E-state index in [1.54, 1.807) is 27.7 Å². The average molecular weight is 431 g/mol. The van der Waals surface area contributed by atoms with E-state index in [4.69, 9.17) is 10.8 Å². The first kappa shape index (κ1) is 27.3. The highest BCUT2D eigenvalue weighted by Crippen LogP contribution is 2.08. The number of carbonyl (C=O) groups is 5. The van der Waals surface area contributed by atoms with Gasteiger partial charge in [0.1, 0.15) is 18.1 Å². The Balaban J connectivity index is 5.45. The van der Waals surface area contributed by atoms with Crippen molar-refractivity contribution in [3.63, 3.8) is 0 Å². The lowest BCUT2D eigenvalue weighted by Gasteiger charge is -2.26. The maximum Gasteiger partial charge on any atom is 0.326 e. The number of hydrogen-bond donors (Lipinski definition) is 6. The van der Waals surface area contributed by atoms with Crippen molar-refractivity contribution < 1.29 is 34.2 Å². The zero-order chi connectivity index (χ0) is 23.6. The van der Waals surface area contributed by atoms with Gasteiger partial charge in [0.2, 0.25) is 17.7 Å². The van der Waals surface area contributed by atoms with E-state index in [9.17, 15) is 29.1 Å². The van der Waals surface area contributed by atoms with Gasteiger partial charge in [0.05, 0.1) is 6.04 Å². The Hall–Kier alpha value is -2.69. The molecule has 0 aliphatic heterocycles. The summed E-state index contributed by atoms with van der Waals surface area (Å²) < 4.78 is 0. The van der Waals surface area contributed by atoms with Crippen LogP contribution in [0.1, 0.15) is 53.9 Å². The number of rotatable bonds is 13. The molecule has 0 aromatic heterocycles. The van der Waals surface area contributed by atoms with Crippen molar-refractivity contribution in [2.75, 3.05) is 0 Å². The predicted octanol–water partition coefficient (Wildman–Crippen LogP) is -0.560. The maximum atomic E-state index is 12.7. The van der Waals surface area contributed by atoms with Crippen molar-refractivity contribution in [2.45, 2.75) is 78.0 Å². The van der Waals surface area contributed by atoms with Crippen LogP contribution in [0.15, 0.2) is 0 Å². The third kappa shape index (κ3) is 10.2. The first-order valence-corrected chi connectivity index (χ1v) is 9.87. The van der Waals surface area contributed by atoms with Crippen LogP contribution in [0, 0.1) is 11.8 Å². The van der Waals surface area contributed by atoms with Gasteiger partial charge in [-0.3, -0.25) is 19.2 Å². The molecule has 0 radical (unpaired) electrons. The van der Waals surface area contributed by atoms with E-state index >= 15 is 0 Å². The van der Waals surface area contributed by atoms with Crippen molar-refractivity contribution in [2.24, 2.45) is 17.6 Å². The van der Waals surface area contributed by atoms with Gasteiger partial charge in [-0.25, -0.2) is 4.79 Å². The van der Waals surface area contributed by atoms with Crippen LogP contribution < -0.4 is 21.7 Å². The topological polar surface area (TPSA) is 188 Å². The largest absolute Gasteiger partial charge is 0.481 e. The Morgan fingerprint density at radius 1 is 0.800 bits per heavy atom. The molecule has 0 saturated carbocycles. The summed E-state index contributed by atoms with van der Waals surface area (Å²) in [7, 11) is 0. The minimum Gasteiger partial charge on any atom is -0.481 e. The first-order chi connectivity index (χ1) is 13.8. The second kappa shape index (κ2) is 12.8. The van der Waals surface area contributed by atoms with E-state index in [1.807, 2.05) is 0 Å². The molecular weight excluding hydrogens is 396 g/mol. The lowest BCUT2D eigenvalue weighted by molar-refractivity contribution is -0.143. The van der Waals surface area contributed by atoms with E-state index in [-0.39, 0.29) is 24.7 Å².